The highest BCUT2D eigenvalue weighted by molar-refractivity contribution is 6.30. The van der Waals surface area contributed by atoms with Crippen molar-refractivity contribution in [2.45, 2.75) is 37.6 Å². The number of benzene rings is 2. The van der Waals surface area contributed by atoms with Crippen LogP contribution in [-0.2, 0) is 26.5 Å². The third-order valence-corrected chi connectivity index (χ3v) is 6.83. The summed E-state index contributed by atoms with van der Waals surface area (Å²) in [5.74, 6) is -3.19. The van der Waals surface area contributed by atoms with Crippen molar-refractivity contribution in [2.75, 3.05) is 6.54 Å². The minimum atomic E-state index is -2.02. The molecule has 188 valence electrons. The second-order valence-corrected chi connectivity index (χ2v) is 9.05. The largest absolute Gasteiger partial charge is 0.478 e. The van der Waals surface area contributed by atoms with Gasteiger partial charge in [-0.05, 0) is 25.1 Å². The zero-order valence-corrected chi connectivity index (χ0v) is 19.8. The van der Waals surface area contributed by atoms with Crippen molar-refractivity contribution in [1.29, 1.82) is 0 Å². The molecule has 0 spiro atoms. The molecule has 36 heavy (non-hydrogen) atoms. The molecule has 1 fully saturated rings. The molecular formula is C25H22ClF2N3O5. The number of carboxylic acid groups (broad SMARTS) is 1. The van der Waals surface area contributed by atoms with Gasteiger partial charge in [-0.1, -0.05) is 29.8 Å². The van der Waals surface area contributed by atoms with Crippen molar-refractivity contribution in [3.63, 3.8) is 0 Å². The first-order valence-corrected chi connectivity index (χ1v) is 11.4. The van der Waals surface area contributed by atoms with E-state index >= 15 is 0 Å². The zero-order chi connectivity index (χ0) is 26.2. The van der Waals surface area contributed by atoms with E-state index in [4.69, 9.17) is 11.6 Å². The normalized spacial score (nSPS) is 19.7. The predicted octanol–water partition coefficient (Wildman–Crippen LogP) is 3.37. The maximum absolute atomic E-state index is 14.7. The van der Waals surface area contributed by atoms with E-state index in [0.29, 0.717) is 17.2 Å². The van der Waals surface area contributed by atoms with Crippen molar-refractivity contribution in [1.82, 2.24) is 15.2 Å². The average molecular weight is 518 g/mol. The number of hydrogen-bond donors (Lipinski definition) is 3. The number of nitrogens with one attached hydrogen (secondary N) is 2. The number of rotatable bonds is 8. The van der Waals surface area contributed by atoms with Crippen molar-refractivity contribution < 1.29 is 33.1 Å². The van der Waals surface area contributed by atoms with Gasteiger partial charge < -0.3 is 20.2 Å². The van der Waals surface area contributed by atoms with Gasteiger partial charge in [-0.2, -0.15) is 0 Å². The molecule has 8 nitrogen and oxygen atoms in total. The summed E-state index contributed by atoms with van der Waals surface area (Å²) in [5, 5.41) is 12.1. The van der Waals surface area contributed by atoms with Crippen LogP contribution in [0.5, 0.6) is 0 Å². The van der Waals surface area contributed by atoms with Gasteiger partial charge in [0.15, 0.2) is 17.6 Å². The fraction of sp³-hybridized carbons (Fsp3) is 0.280. The number of likely N-dealkylation sites (tertiary alicyclic amines) is 1. The molecule has 3 N–H and O–H groups in total. The molecule has 1 aliphatic rings. The third kappa shape index (κ3) is 4.27. The summed E-state index contributed by atoms with van der Waals surface area (Å²) in [6.07, 6.45) is -0.0318. The highest BCUT2D eigenvalue weighted by Gasteiger charge is 2.53. The Morgan fingerprint density at radius 3 is 2.72 bits per heavy atom. The molecule has 0 saturated carbocycles. The van der Waals surface area contributed by atoms with E-state index in [2.05, 4.69) is 10.3 Å². The van der Waals surface area contributed by atoms with Crippen LogP contribution in [0.3, 0.4) is 0 Å². The molecule has 0 aliphatic carbocycles. The number of aldehydes is 1. The summed E-state index contributed by atoms with van der Waals surface area (Å²) in [7, 11) is 0. The molecule has 4 rings (SSSR count). The summed E-state index contributed by atoms with van der Waals surface area (Å²) in [5.41, 5.74) is -1.38. The molecular weight excluding hydrogens is 496 g/mol. The quantitative estimate of drug-likeness (QED) is 0.311. The maximum atomic E-state index is 14.7. The molecule has 1 aliphatic heterocycles. The van der Waals surface area contributed by atoms with Crippen molar-refractivity contribution in [2.24, 2.45) is 0 Å². The van der Waals surface area contributed by atoms with Crippen molar-refractivity contribution in [3.8, 4) is 0 Å². The Morgan fingerprint density at radius 2 is 2.06 bits per heavy atom. The van der Waals surface area contributed by atoms with Gasteiger partial charge >= 0.3 is 5.97 Å². The molecule has 1 amide bonds. The molecule has 0 radical (unpaired) electrons. The van der Waals surface area contributed by atoms with E-state index in [1.54, 1.807) is 0 Å². The highest BCUT2D eigenvalue weighted by atomic mass is 35.5. The number of carboxylic acids is 1. The van der Waals surface area contributed by atoms with Crippen LogP contribution in [0.2, 0.25) is 5.02 Å². The lowest BCUT2D eigenvalue weighted by atomic mass is 9.84. The zero-order valence-electron chi connectivity index (χ0n) is 19.1. The number of nitrogens with zero attached hydrogens (tertiary/aromatic N) is 1. The van der Waals surface area contributed by atoms with E-state index in [0.717, 1.165) is 0 Å². The Morgan fingerprint density at radius 1 is 1.31 bits per heavy atom. The molecule has 2 aromatic carbocycles. The van der Waals surface area contributed by atoms with Crippen LogP contribution in [-0.4, -0.2) is 57.7 Å². The number of aromatic nitrogens is 1. The van der Waals surface area contributed by atoms with Crippen LogP contribution in [0.15, 0.2) is 42.6 Å². The number of H-pyrrole nitrogens is 1. The minimum Gasteiger partial charge on any atom is -0.478 e. The summed E-state index contributed by atoms with van der Waals surface area (Å²) in [6, 6.07) is 7.23. The number of hydrogen-bond acceptors (Lipinski definition) is 5. The van der Waals surface area contributed by atoms with E-state index in [1.165, 1.54) is 54.4 Å². The Balaban J connectivity index is 1.71. The Bertz CT molecular complexity index is 1380. The minimum absolute atomic E-state index is 0.00840. The summed E-state index contributed by atoms with van der Waals surface area (Å²) < 4.78 is 28.9. The van der Waals surface area contributed by atoms with Gasteiger partial charge in [-0.3, -0.25) is 14.5 Å². The first-order chi connectivity index (χ1) is 17.1. The predicted molar refractivity (Wildman–Crippen MR) is 127 cm³/mol. The molecule has 1 aromatic heterocycles. The number of alkyl halides is 1. The van der Waals surface area contributed by atoms with Gasteiger partial charge in [0.1, 0.15) is 12.0 Å². The van der Waals surface area contributed by atoms with Crippen molar-refractivity contribution >= 4 is 46.4 Å². The molecule has 2 heterocycles. The number of amides is 1. The smallest absolute Gasteiger partial charge is 0.335 e. The van der Waals surface area contributed by atoms with Gasteiger partial charge in [0.25, 0.3) is 0 Å². The van der Waals surface area contributed by atoms with Crippen LogP contribution in [0, 0.1) is 5.82 Å². The van der Waals surface area contributed by atoms with E-state index in [-0.39, 0.29) is 41.2 Å². The maximum Gasteiger partial charge on any atom is 0.335 e. The second-order valence-electron chi connectivity index (χ2n) is 8.64. The lowest BCUT2D eigenvalue weighted by molar-refractivity contribution is -0.140. The Hall–Kier alpha value is -3.63. The van der Waals surface area contributed by atoms with E-state index in [9.17, 15) is 33.1 Å². The van der Waals surface area contributed by atoms with Gasteiger partial charge in [0, 0.05) is 47.7 Å². The summed E-state index contributed by atoms with van der Waals surface area (Å²) in [4.78, 5) is 54.2. The fourth-order valence-corrected chi connectivity index (χ4v) is 4.94. The molecule has 3 aromatic rings. The number of Topliss-reactive ketones (excluding diaryl/α,β-unsaturated/α-hetero) is 1. The average Bonchev–Trinajstić information content (AvgIpc) is 3.44. The molecule has 0 bridgehead atoms. The topological polar surface area (TPSA) is 120 Å². The van der Waals surface area contributed by atoms with Crippen LogP contribution in [0.1, 0.15) is 34.8 Å². The number of carbonyl (C=O) groups is 4. The van der Waals surface area contributed by atoms with Crippen LogP contribution in [0.4, 0.5) is 8.78 Å². The molecule has 3 atom stereocenters. The Labute approximate surface area is 209 Å². The van der Waals surface area contributed by atoms with E-state index < -0.39 is 41.2 Å². The lowest BCUT2D eigenvalue weighted by Gasteiger charge is -2.38. The highest BCUT2D eigenvalue weighted by Crippen LogP contribution is 2.39. The second kappa shape index (κ2) is 9.79. The summed E-state index contributed by atoms with van der Waals surface area (Å²) in [6.45, 7) is 0.564. The van der Waals surface area contributed by atoms with Crippen molar-refractivity contribution in [3.05, 3.63) is 70.1 Å². The van der Waals surface area contributed by atoms with Gasteiger partial charge in [0.2, 0.25) is 5.91 Å². The number of ketones is 1. The molecule has 1 saturated heterocycles. The number of fused-ring (bicyclic) bond motifs is 1. The first-order valence-electron chi connectivity index (χ1n) is 11.0. The summed E-state index contributed by atoms with van der Waals surface area (Å²) >= 11 is 5.79. The van der Waals surface area contributed by atoms with Gasteiger partial charge in [0.05, 0.1) is 16.6 Å². The standard InChI is InChI=1S/C25H22ClF2N3O5/c1-13(33)25(12-32,18-10-29-20-7-14(24(35)36)5-6-17(18)20)31-11-16(27)8-21(31)23(34)30-9-15-3-2-4-19(26)22(15)28/h2-7,10,12,16,21,29H,8-9,11H2,1H3,(H,30,34)(H,35,36)/t16-,21+,25?/m1/s1. The van der Waals surface area contributed by atoms with Gasteiger partial charge in [-0.25, -0.2) is 13.6 Å². The van der Waals surface area contributed by atoms with Gasteiger partial charge in [-0.15, -0.1) is 0 Å². The number of halogens is 3. The van der Waals surface area contributed by atoms with Crippen LogP contribution in [0.25, 0.3) is 10.9 Å². The van der Waals surface area contributed by atoms with E-state index in [1.807, 2.05) is 0 Å². The molecule has 11 heteroatoms. The first kappa shape index (κ1) is 25.5. The fourth-order valence-electron chi connectivity index (χ4n) is 4.74. The number of aromatic carboxylic acids is 1. The molecule has 1 unspecified atom stereocenters. The third-order valence-electron chi connectivity index (χ3n) is 6.54. The monoisotopic (exact) mass is 517 g/mol. The van der Waals surface area contributed by atoms with Crippen LogP contribution < -0.4 is 5.32 Å². The Kier molecular flexibility index (Phi) is 6.92. The number of carbonyl (C=O) groups excluding carboxylic acids is 3. The SMILES string of the molecule is CC(=O)C(C=O)(c1c[nH]c2cc(C(=O)O)ccc12)N1C[C@H](F)C[C@H]1C(=O)NCc1cccc(Cl)c1F. The lowest BCUT2D eigenvalue weighted by Crippen LogP contribution is -2.58. The van der Waals surface area contributed by atoms with Crippen LogP contribution >= 0.6 is 11.6 Å². The number of aromatic amines is 1.